The number of aliphatic hydroxyl groups excluding tert-OH is 1. The zero-order valence-electron chi connectivity index (χ0n) is 13.7. The van der Waals surface area contributed by atoms with Gasteiger partial charge in [-0.3, -0.25) is 0 Å². The van der Waals surface area contributed by atoms with Crippen molar-refractivity contribution in [3.63, 3.8) is 0 Å². The summed E-state index contributed by atoms with van der Waals surface area (Å²) in [4.78, 5) is 13.2. The van der Waals surface area contributed by atoms with Crippen molar-refractivity contribution in [1.29, 1.82) is 0 Å². The van der Waals surface area contributed by atoms with Gasteiger partial charge >= 0.3 is 6.09 Å². The molecule has 1 N–H and O–H groups in total. The Morgan fingerprint density at radius 2 is 2.05 bits per heavy atom. The number of hydrogen-bond donors (Lipinski definition) is 1. The van der Waals surface area contributed by atoms with Crippen LogP contribution in [0, 0.1) is 5.82 Å². The first-order valence-corrected chi connectivity index (χ1v) is 7.14. The number of aliphatic hydroxyl groups is 1. The first-order chi connectivity index (χ1) is 10.1. The number of carbonyl (C=O) groups is 1. The number of amides is 1. The van der Waals surface area contributed by atoms with Crippen molar-refractivity contribution in [2.24, 2.45) is 0 Å². The minimum Gasteiger partial charge on any atom is -0.491 e. The number of rotatable bonds is 5. The lowest BCUT2D eigenvalue weighted by molar-refractivity contribution is 0.0277. The molecular formula is C16H24FNO4. The molecule has 0 saturated carbocycles. The predicted molar refractivity (Wildman–Crippen MR) is 81.4 cm³/mol. The van der Waals surface area contributed by atoms with Crippen LogP contribution in [0.3, 0.4) is 0 Å². The van der Waals surface area contributed by atoms with Crippen molar-refractivity contribution < 1.29 is 23.8 Å². The molecule has 1 amide bonds. The van der Waals surface area contributed by atoms with Crippen LogP contribution in [0.2, 0.25) is 0 Å². The van der Waals surface area contributed by atoms with Crippen molar-refractivity contribution in [3.05, 3.63) is 29.6 Å². The summed E-state index contributed by atoms with van der Waals surface area (Å²) >= 11 is 0. The molecule has 0 aliphatic rings. The van der Waals surface area contributed by atoms with E-state index in [0.717, 1.165) is 0 Å². The monoisotopic (exact) mass is 313 g/mol. The van der Waals surface area contributed by atoms with Gasteiger partial charge in [0.15, 0.2) is 0 Å². The highest BCUT2D eigenvalue weighted by Gasteiger charge is 2.19. The van der Waals surface area contributed by atoms with Crippen LogP contribution in [-0.2, 0) is 4.74 Å². The van der Waals surface area contributed by atoms with Crippen LogP contribution in [-0.4, -0.2) is 41.9 Å². The molecule has 0 radical (unpaired) electrons. The average Bonchev–Trinajstić information content (AvgIpc) is 2.38. The zero-order chi connectivity index (χ0) is 16.9. The summed E-state index contributed by atoms with van der Waals surface area (Å²) in [7, 11) is 1.61. The Kier molecular flexibility index (Phi) is 6.17. The summed E-state index contributed by atoms with van der Waals surface area (Å²) < 4.78 is 23.9. The van der Waals surface area contributed by atoms with Crippen LogP contribution in [0.25, 0.3) is 0 Å². The summed E-state index contributed by atoms with van der Waals surface area (Å²) in [6.07, 6.45) is -1.28. The lowest BCUT2D eigenvalue weighted by Crippen LogP contribution is -2.36. The Bertz CT molecular complexity index is 511. The van der Waals surface area contributed by atoms with E-state index in [9.17, 15) is 14.3 Å². The minimum absolute atomic E-state index is 0.209. The van der Waals surface area contributed by atoms with E-state index in [0.29, 0.717) is 17.9 Å². The first-order valence-electron chi connectivity index (χ1n) is 7.14. The fourth-order valence-corrected chi connectivity index (χ4v) is 1.70. The van der Waals surface area contributed by atoms with Gasteiger partial charge in [0.2, 0.25) is 0 Å². The van der Waals surface area contributed by atoms with Gasteiger partial charge in [0, 0.05) is 12.6 Å². The van der Waals surface area contributed by atoms with Crippen molar-refractivity contribution in [3.8, 4) is 5.75 Å². The van der Waals surface area contributed by atoms with Crippen LogP contribution in [0.5, 0.6) is 5.75 Å². The molecule has 5 nitrogen and oxygen atoms in total. The van der Waals surface area contributed by atoms with Crippen molar-refractivity contribution in [2.45, 2.75) is 39.4 Å². The van der Waals surface area contributed by atoms with E-state index in [-0.39, 0.29) is 6.61 Å². The van der Waals surface area contributed by atoms with Crippen LogP contribution in [0.15, 0.2) is 18.2 Å². The second-order valence-corrected chi connectivity index (χ2v) is 6.11. The highest BCUT2D eigenvalue weighted by molar-refractivity contribution is 5.67. The Labute approximate surface area is 130 Å². The maximum absolute atomic E-state index is 13.2. The van der Waals surface area contributed by atoms with Gasteiger partial charge in [-0.1, -0.05) is 0 Å². The standard InChI is InChI=1S/C16H24FNO4/c1-11(19)13-10-12(17)6-7-14(13)21-9-8-18(5)15(20)22-16(2,3)4/h6-7,10-11,19H,8-9H2,1-5H3/t11-/m1/s1. The molecule has 0 saturated heterocycles. The lowest BCUT2D eigenvalue weighted by atomic mass is 10.1. The van der Waals surface area contributed by atoms with Gasteiger partial charge in [0.1, 0.15) is 23.8 Å². The van der Waals surface area contributed by atoms with Crippen molar-refractivity contribution >= 4 is 6.09 Å². The molecule has 22 heavy (non-hydrogen) atoms. The number of hydrogen-bond acceptors (Lipinski definition) is 4. The fourth-order valence-electron chi connectivity index (χ4n) is 1.70. The summed E-state index contributed by atoms with van der Waals surface area (Å²) in [6.45, 7) is 7.44. The van der Waals surface area contributed by atoms with E-state index < -0.39 is 23.6 Å². The Morgan fingerprint density at radius 3 is 2.59 bits per heavy atom. The quantitative estimate of drug-likeness (QED) is 0.907. The topological polar surface area (TPSA) is 59.0 Å². The zero-order valence-corrected chi connectivity index (χ0v) is 13.7. The molecule has 0 fully saturated rings. The minimum atomic E-state index is -0.839. The number of halogens is 1. The molecule has 1 rings (SSSR count). The van der Waals surface area contributed by atoms with Gasteiger partial charge in [0.05, 0.1) is 12.6 Å². The number of benzene rings is 1. The third-order valence-corrected chi connectivity index (χ3v) is 2.81. The maximum Gasteiger partial charge on any atom is 0.410 e. The van der Waals surface area contributed by atoms with Crippen molar-refractivity contribution in [1.82, 2.24) is 4.90 Å². The largest absolute Gasteiger partial charge is 0.491 e. The van der Waals surface area contributed by atoms with E-state index in [4.69, 9.17) is 9.47 Å². The molecular weight excluding hydrogens is 289 g/mol. The van der Waals surface area contributed by atoms with Crippen LogP contribution in [0.4, 0.5) is 9.18 Å². The van der Waals surface area contributed by atoms with E-state index >= 15 is 0 Å². The van der Waals surface area contributed by atoms with Crippen molar-refractivity contribution in [2.75, 3.05) is 20.2 Å². The molecule has 1 atom stereocenters. The molecule has 0 aliphatic carbocycles. The van der Waals surface area contributed by atoms with E-state index in [1.807, 2.05) is 0 Å². The molecule has 0 heterocycles. The van der Waals surface area contributed by atoms with Crippen LogP contribution >= 0.6 is 0 Å². The SMILES string of the molecule is C[C@@H](O)c1cc(F)ccc1OCCN(C)C(=O)OC(C)(C)C. The third-order valence-electron chi connectivity index (χ3n) is 2.81. The molecule has 0 bridgehead atoms. The summed E-state index contributed by atoms with van der Waals surface area (Å²) in [5, 5.41) is 9.62. The summed E-state index contributed by atoms with van der Waals surface area (Å²) in [6, 6.07) is 3.96. The number of ether oxygens (including phenoxy) is 2. The second kappa shape index (κ2) is 7.45. The Hall–Kier alpha value is -1.82. The summed E-state index contributed by atoms with van der Waals surface area (Å²) in [5.74, 6) is -0.0388. The summed E-state index contributed by atoms with van der Waals surface area (Å²) in [5.41, 5.74) is -0.178. The van der Waals surface area contributed by atoms with E-state index in [1.165, 1.54) is 30.0 Å². The molecule has 0 aromatic heterocycles. The smallest absolute Gasteiger partial charge is 0.410 e. The van der Waals surface area contributed by atoms with E-state index in [2.05, 4.69) is 0 Å². The van der Waals surface area contributed by atoms with Gasteiger partial charge in [-0.25, -0.2) is 9.18 Å². The van der Waals surface area contributed by atoms with Crippen LogP contribution in [0.1, 0.15) is 39.4 Å². The van der Waals surface area contributed by atoms with E-state index in [1.54, 1.807) is 27.8 Å². The number of likely N-dealkylation sites (N-methyl/N-ethyl adjacent to an activating group) is 1. The average molecular weight is 313 g/mol. The third kappa shape index (κ3) is 5.89. The van der Waals surface area contributed by atoms with Gasteiger partial charge in [0.25, 0.3) is 0 Å². The second-order valence-electron chi connectivity index (χ2n) is 6.11. The van der Waals surface area contributed by atoms with Gasteiger partial charge in [-0.2, -0.15) is 0 Å². The Balaban J connectivity index is 2.56. The molecule has 0 aliphatic heterocycles. The maximum atomic E-state index is 13.2. The highest BCUT2D eigenvalue weighted by atomic mass is 19.1. The molecule has 1 aromatic carbocycles. The molecule has 124 valence electrons. The molecule has 0 unspecified atom stereocenters. The number of nitrogens with zero attached hydrogens (tertiary/aromatic N) is 1. The van der Waals surface area contributed by atoms with Crippen LogP contribution < -0.4 is 4.74 Å². The highest BCUT2D eigenvalue weighted by Crippen LogP contribution is 2.25. The Morgan fingerprint density at radius 1 is 1.41 bits per heavy atom. The molecule has 0 spiro atoms. The lowest BCUT2D eigenvalue weighted by Gasteiger charge is -2.24. The molecule has 1 aromatic rings. The normalized spacial score (nSPS) is 12.7. The van der Waals surface area contributed by atoms with Gasteiger partial charge in [-0.05, 0) is 45.9 Å². The fraction of sp³-hybridized carbons (Fsp3) is 0.562. The molecule has 6 heteroatoms. The van der Waals surface area contributed by atoms with Gasteiger partial charge < -0.3 is 19.5 Å². The first kappa shape index (κ1) is 18.2. The van der Waals surface area contributed by atoms with Gasteiger partial charge in [-0.15, -0.1) is 0 Å². The number of carbonyl (C=O) groups excluding carboxylic acids is 1. The predicted octanol–water partition coefficient (Wildman–Crippen LogP) is 3.12.